The van der Waals surface area contributed by atoms with Crippen LogP contribution in [0.3, 0.4) is 0 Å². The number of oxime groups is 1. The van der Waals surface area contributed by atoms with E-state index in [9.17, 15) is 5.11 Å². The number of hydrogen-bond donors (Lipinski definition) is 3. The first-order valence-electron chi connectivity index (χ1n) is 6.40. The zero-order valence-electron chi connectivity index (χ0n) is 10.9. The topological polar surface area (TPSA) is 82.1 Å². The summed E-state index contributed by atoms with van der Waals surface area (Å²) in [6, 6.07) is 0.218. The number of likely N-dealkylation sites (N-methyl/N-ethyl adjacent to an activating group) is 1. The Bertz CT molecular complexity index is 262. The van der Waals surface area contributed by atoms with E-state index in [1.54, 1.807) is 0 Å². The van der Waals surface area contributed by atoms with Crippen LogP contribution in [-0.4, -0.2) is 46.3 Å². The molecule has 0 aromatic rings. The van der Waals surface area contributed by atoms with Crippen molar-refractivity contribution < 1.29 is 10.3 Å². The van der Waals surface area contributed by atoms with Crippen LogP contribution < -0.4 is 5.73 Å². The second-order valence-corrected chi connectivity index (χ2v) is 5.20. The molecule has 0 heterocycles. The molecule has 4 N–H and O–H groups in total. The van der Waals surface area contributed by atoms with E-state index in [2.05, 4.69) is 17.0 Å². The van der Waals surface area contributed by atoms with E-state index in [-0.39, 0.29) is 11.9 Å². The number of nitrogens with zero attached hydrogens (tertiary/aromatic N) is 2. The Morgan fingerprint density at radius 1 is 1.47 bits per heavy atom. The molecule has 0 aromatic carbocycles. The molecule has 100 valence electrons. The van der Waals surface area contributed by atoms with Crippen molar-refractivity contribution in [3.05, 3.63) is 0 Å². The van der Waals surface area contributed by atoms with Gasteiger partial charge in [0, 0.05) is 19.0 Å². The quantitative estimate of drug-likeness (QED) is 0.283. The minimum absolute atomic E-state index is 0.218. The highest BCUT2D eigenvalue weighted by Crippen LogP contribution is 2.30. The maximum absolute atomic E-state index is 10.3. The van der Waals surface area contributed by atoms with Gasteiger partial charge in [0.25, 0.3) is 0 Å². The third-order valence-corrected chi connectivity index (χ3v) is 3.75. The van der Waals surface area contributed by atoms with E-state index in [4.69, 9.17) is 10.9 Å². The normalized spacial score (nSPS) is 22.0. The smallest absolute Gasteiger partial charge is 0.140 e. The van der Waals surface area contributed by atoms with Crippen molar-refractivity contribution in [2.24, 2.45) is 10.9 Å². The van der Waals surface area contributed by atoms with Gasteiger partial charge < -0.3 is 20.9 Å². The maximum atomic E-state index is 10.3. The van der Waals surface area contributed by atoms with E-state index in [0.717, 1.165) is 32.1 Å². The molecule has 1 atom stereocenters. The summed E-state index contributed by atoms with van der Waals surface area (Å²) in [7, 11) is 2.00. The van der Waals surface area contributed by atoms with Crippen molar-refractivity contribution in [1.29, 1.82) is 0 Å². The fourth-order valence-electron chi connectivity index (χ4n) is 2.68. The summed E-state index contributed by atoms with van der Waals surface area (Å²) in [5.74, 6) is 0.252. The predicted octanol–water partition coefficient (Wildman–Crippen LogP) is 1.14. The summed E-state index contributed by atoms with van der Waals surface area (Å²) in [5.41, 5.74) is 5.00. The number of nitrogens with two attached hydrogens (primary N) is 1. The number of hydrogen-bond acceptors (Lipinski definition) is 4. The minimum atomic E-state index is -0.534. The summed E-state index contributed by atoms with van der Waals surface area (Å²) in [6.45, 7) is 2.74. The van der Waals surface area contributed by atoms with Gasteiger partial charge in [-0.15, -0.1) is 0 Å². The van der Waals surface area contributed by atoms with E-state index in [1.807, 2.05) is 7.05 Å². The number of aliphatic hydroxyl groups is 1. The minimum Gasteiger partial charge on any atom is -0.409 e. The Morgan fingerprint density at radius 2 is 2.06 bits per heavy atom. The molecular weight excluding hydrogens is 218 g/mol. The summed E-state index contributed by atoms with van der Waals surface area (Å²) < 4.78 is 0. The summed E-state index contributed by atoms with van der Waals surface area (Å²) >= 11 is 0. The van der Waals surface area contributed by atoms with Crippen LogP contribution in [0.5, 0.6) is 0 Å². The van der Waals surface area contributed by atoms with Crippen LogP contribution in [0.1, 0.15) is 45.4 Å². The van der Waals surface area contributed by atoms with Crippen LogP contribution in [0.25, 0.3) is 0 Å². The Labute approximate surface area is 103 Å². The third kappa shape index (κ3) is 4.16. The lowest BCUT2D eigenvalue weighted by Crippen LogP contribution is -2.45. The van der Waals surface area contributed by atoms with Gasteiger partial charge in [0.2, 0.25) is 0 Å². The Morgan fingerprint density at radius 3 is 2.53 bits per heavy atom. The molecule has 5 nitrogen and oxygen atoms in total. The molecule has 1 aliphatic carbocycles. The van der Waals surface area contributed by atoms with E-state index < -0.39 is 5.60 Å². The van der Waals surface area contributed by atoms with Crippen molar-refractivity contribution in [3.8, 4) is 0 Å². The molecule has 0 radical (unpaired) electrons. The zero-order valence-corrected chi connectivity index (χ0v) is 10.9. The summed E-state index contributed by atoms with van der Waals surface area (Å²) in [6.07, 6.45) is 5.46. The van der Waals surface area contributed by atoms with Crippen LogP contribution in [0.4, 0.5) is 0 Å². The van der Waals surface area contributed by atoms with Crippen LogP contribution >= 0.6 is 0 Å². The SMILES string of the molecule is CCC(CC(N)=NO)N(C)CC1(O)CCCC1. The highest BCUT2D eigenvalue weighted by Gasteiger charge is 2.33. The highest BCUT2D eigenvalue weighted by atomic mass is 16.4. The molecule has 0 aliphatic heterocycles. The second-order valence-electron chi connectivity index (χ2n) is 5.20. The molecular formula is C12H25N3O2. The average molecular weight is 243 g/mol. The van der Waals surface area contributed by atoms with Crippen molar-refractivity contribution in [2.75, 3.05) is 13.6 Å². The maximum Gasteiger partial charge on any atom is 0.140 e. The van der Waals surface area contributed by atoms with Gasteiger partial charge in [-0.3, -0.25) is 0 Å². The molecule has 1 aliphatic rings. The van der Waals surface area contributed by atoms with Gasteiger partial charge >= 0.3 is 0 Å². The molecule has 0 amide bonds. The van der Waals surface area contributed by atoms with Crippen LogP contribution in [0, 0.1) is 0 Å². The lowest BCUT2D eigenvalue weighted by atomic mass is 10.00. The first-order valence-corrected chi connectivity index (χ1v) is 6.40. The highest BCUT2D eigenvalue weighted by molar-refractivity contribution is 5.80. The molecule has 5 heteroatoms. The zero-order chi connectivity index (χ0) is 12.9. The molecule has 0 spiro atoms. The Kier molecular flexibility index (Phi) is 5.21. The first-order chi connectivity index (χ1) is 8.00. The fourth-order valence-corrected chi connectivity index (χ4v) is 2.68. The van der Waals surface area contributed by atoms with Gasteiger partial charge in [-0.05, 0) is 26.3 Å². The lowest BCUT2D eigenvalue weighted by Gasteiger charge is -2.33. The summed E-state index contributed by atoms with van der Waals surface area (Å²) in [5, 5.41) is 21.9. The number of amidine groups is 1. The molecule has 1 rings (SSSR count). The summed E-state index contributed by atoms with van der Waals surface area (Å²) in [4.78, 5) is 2.13. The molecule has 1 fully saturated rings. The van der Waals surface area contributed by atoms with E-state index in [1.165, 1.54) is 0 Å². The predicted molar refractivity (Wildman–Crippen MR) is 68.2 cm³/mol. The van der Waals surface area contributed by atoms with Gasteiger partial charge in [0.15, 0.2) is 0 Å². The van der Waals surface area contributed by atoms with E-state index >= 15 is 0 Å². The standard InChI is InChI=1S/C12H25N3O2/c1-3-10(8-11(13)14-17)15(2)9-12(16)6-4-5-7-12/h10,16-17H,3-9H2,1-2H3,(H2,13,14). The first kappa shape index (κ1) is 14.3. The van der Waals surface area contributed by atoms with Crippen LogP contribution in [-0.2, 0) is 0 Å². The third-order valence-electron chi connectivity index (χ3n) is 3.75. The molecule has 1 saturated carbocycles. The van der Waals surface area contributed by atoms with Gasteiger partial charge in [0.1, 0.15) is 5.84 Å². The Balaban J connectivity index is 2.51. The van der Waals surface area contributed by atoms with E-state index in [0.29, 0.717) is 13.0 Å². The van der Waals surface area contributed by atoms with Crippen molar-refractivity contribution >= 4 is 5.84 Å². The van der Waals surface area contributed by atoms with Crippen molar-refractivity contribution in [1.82, 2.24) is 4.90 Å². The van der Waals surface area contributed by atoms with Crippen molar-refractivity contribution in [3.63, 3.8) is 0 Å². The fraction of sp³-hybridized carbons (Fsp3) is 0.917. The monoisotopic (exact) mass is 243 g/mol. The lowest BCUT2D eigenvalue weighted by molar-refractivity contribution is 0.00549. The van der Waals surface area contributed by atoms with Crippen LogP contribution in [0.2, 0.25) is 0 Å². The van der Waals surface area contributed by atoms with Gasteiger partial charge in [0.05, 0.1) is 5.60 Å². The molecule has 1 unspecified atom stereocenters. The second kappa shape index (κ2) is 6.21. The van der Waals surface area contributed by atoms with Gasteiger partial charge in [-0.25, -0.2) is 0 Å². The van der Waals surface area contributed by atoms with Gasteiger partial charge in [-0.2, -0.15) is 0 Å². The average Bonchev–Trinajstić information content (AvgIpc) is 2.71. The number of rotatable bonds is 6. The molecule has 0 bridgehead atoms. The molecule has 17 heavy (non-hydrogen) atoms. The van der Waals surface area contributed by atoms with Gasteiger partial charge in [-0.1, -0.05) is 24.9 Å². The van der Waals surface area contributed by atoms with Crippen molar-refractivity contribution in [2.45, 2.75) is 57.1 Å². The largest absolute Gasteiger partial charge is 0.409 e. The van der Waals surface area contributed by atoms with Crippen LogP contribution in [0.15, 0.2) is 5.16 Å². The molecule has 0 saturated heterocycles. The molecule has 0 aromatic heterocycles. The Hall–Kier alpha value is -0.810.